The number of anilines is 1. The monoisotopic (exact) mass is 404 g/mol. The average molecular weight is 405 g/mol. The zero-order chi connectivity index (χ0) is 20.7. The Morgan fingerprint density at radius 3 is 2.39 bits per heavy atom. The number of ether oxygens (including phenoxy) is 2. The zero-order valence-corrected chi connectivity index (χ0v) is 16.5. The summed E-state index contributed by atoms with van der Waals surface area (Å²) in [5, 5.41) is 6.32. The van der Waals surface area contributed by atoms with Gasteiger partial charge in [-0.1, -0.05) is 23.7 Å². The van der Waals surface area contributed by atoms with Crippen LogP contribution in [0, 0.1) is 0 Å². The number of amides is 1. The molecule has 0 saturated heterocycles. The molecule has 1 amide bonds. The van der Waals surface area contributed by atoms with Crippen LogP contribution >= 0.6 is 11.6 Å². The van der Waals surface area contributed by atoms with Gasteiger partial charge in [0.1, 0.15) is 0 Å². The van der Waals surface area contributed by atoms with Crippen molar-refractivity contribution in [2.75, 3.05) is 26.1 Å². The first-order chi connectivity index (χ1) is 13.3. The van der Waals surface area contributed by atoms with Gasteiger partial charge in [0.25, 0.3) is 0 Å². The van der Waals surface area contributed by atoms with Crippen LogP contribution in [0.1, 0.15) is 39.2 Å². The molecule has 0 saturated carbocycles. The summed E-state index contributed by atoms with van der Waals surface area (Å²) in [7, 11) is 2.48. The molecule has 0 aliphatic heterocycles. The number of hydrogen-bond acceptors (Lipinski definition) is 6. The Kier molecular flexibility index (Phi) is 7.54. The highest BCUT2D eigenvalue weighted by molar-refractivity contribution is 6.30. The first-order valence-electron chi connectivity index (χ1n) is 8.45. The van der Waals surface area contributed by atoms with Crippen molar-refractivity contribution in [2.24, 2.45) is 0 Å². The van der Waals surface area contributed by atoms with Crippen LogP contribution in [0.3, 0.4) is 0 Å². The lowest BCUT2D eigenvalue weighted by Gasteiger charge is -2.15. The van der Waals surface area contributed by atoms with E-state index < -0.39 is 11.9 Å². The highest BCUT2D eigenvalue weighted by atomic mass is 35.5. The molecule has 0 aliphatic carbocycles. The van der Waals surface area contributed by atoms with Crippen molar-refractivity contribution in [2.45, 2.75) is 13.0 Å². The summed E-state index contributed by atoms with van der Waals surface area (Å²) in [6, 6.07) is 11.4. The second-order valence-electron chi connectivity index (χ2n) is 5.95. The molecule has 7 nitrogen and oxygen atoms in total. The van der Waals surface area contributed by atoms with Crippen molar-refractivity contribution < 1.29 is 23.9 Å². The predicted octanol–water partition coefficient (Wildman–Crippen LogP) is 3.20. The lowest BCUT2D eigenvalue weighted by molar-refractivity contribution is -0.115. The van der Waals surface area contributed by atoms with Crippen LogP contribution in [0.4, 0.5) is 5.69 Å². The third-order valence-corrected chi connectivity index (χ3v) is 4.27. The largest absolute Gasteiger partial charge is 0.465 e. The van der Waals surface area contributed by atoms with Crippen LogP contribution in [0.25, 0.3) is 0 Å². The van der Waals surface area contributed by atoms with Crippen molar-refractivity contribution >= 4 is 35.1 Å². The van der Waals surface area contributed by atoms with Gasteiger partial charge in [-0.05, 0) is 42.8 Å². The standard InChI is InChI=1S/C20H21ClN2O5/c1-12(13-5-4-6-15(21)9-13)22-11-18(24)23-17-10-14(19(25)27-2)7-8-16(17)20(26)28-3/h4-10,12,22H,11H2,1-3H3,(H,23,24)/t12-/m1/s1. The molecule has 2 aromatic rings. The van der Waals surface area contributed by atoms with Crippen LogP contribution in [-0.4, -0.2) is 38.6 Å². The molecule has 28 heavy (non-hydrogen) atoms. The number of nitrogens with one attached hydrogen (secondary N) is 2. The average Bonchev–Trinajstić information content (AvgIpc) is 2.70. The summed E-state index contributed by atoms with van der Waals surface area (Å²) in [5.41, 5.74) is 1.43. The smallest absolute Gasteiger partial charge is 0.339 e. The Bertz CT molecular complexity index is 885. The molecule has 2 aromatic carbocycles. The van der Waals surface area contributed by atoms with Crippen LogP contribution in [0.5, 0.6) is 0 Å². The Morgan fingerprint density at radius 2 is 1.75 bits per heavy atom. The fraction of sp³-hybridized carbons (Fsp3) is 0.250. The zero-order valence-electron chi connectivity index (χ0n) is 15.7. The Hall–Kier alpha value is -2.90. The van der Waals surface area contributed by atoms with E-state index in [1.54, 1.807) is 6.07 Å². The van der Waals surface area contributed by atoms with E-state index in [0.29, 0.717) is 5.02 Å². The lowest BCUT2D eigenvalue weighted by Crippen LogP contribution is -2.30. The van der Waals surface area contributed by atoms with E-state index >= 15 is 0 Å². The molecule has 0 aromatic heterocycles. The SMILES string of the molecule is COC(=O)c1ccc(C(=O)OC)c(NC(=O)CN[C@H](C)c2cccc(Cl)c2)c1. The van der Waals surface area contributed by atoms with Gasteiger partial charge in [0.05, 0.1) is 37.6 Å². The van der Waals surface area contributed by atoms with Crippen molar-refractivity contribution in [3.05, 3.63) is 64.2 Å². The van der Waals surface area contributed by atoms with Gasteiger partial charge in [-0.2, -0.15) is 0 Å². The van der Waals surface area contributed by atoms with Gasteiger partial charge in [0.2, 0.25) is 5.91 Å². The number of halogens is 1. The van der Waals surface area contributed by atoms with E-state index in [2.05, 4.69) is 15.4 Å². The normalized spacial score (nSPS) is 11.4. The number of carbonyl (C=O) groups excluding carboxylic acids is 3. The minimum absolute atomic E-state index is 0.0171. The van der Waals surface area contributed by atoms with Gasteiger partial charge < -0.3 is 20.1 Å². The van der Waals surface area contributed by atoms with E-state index in [1.165, 1.54) is 32.4 Å². The van der Waals surface area contributed by atoms with Gasteiger partial charge in [-0.25, -0.2) is 9.59 Å². The Labute approximate surface area is 168 Å². The van der Waals surface area contributed by atoms with Gasteiger partial charge in [-0.3, -0.25) is 4.79 Å². The molecule has 0 unspecified atom stereocenters. The van der Waals surface area contributed by atoms with Crippen molar-refractivity contribution in [3.63, 3.8) is 0 Å². The van der Waals surface area contributed by atoms with E-state index in [4.69, 9.17) is 16.3 Å². The summed E-state index contributed by atoms with van der Waals surface area (Å²) in [4.78, 5) is 36.0. The number of carbonyl (C=O) groups is 3. The molecule has 0 spiro atoms. The first-order valence-corrected chi connectivity index (χ1v) is 8.83. The fourth-order valence-corrected chi connectivity index (χ4v) is 2.71. The molecule has 0 fully saturated rings. The number of rotatable bonds is 7. The van der Waals surface area contributed by atoms with Crippen LogP contribution in [-0.2, 0) is 14.3 Å². The quantitative estimate of drug-likeness (QED) is 0.688. The van der Waals surface area contributed by atoms with Gasteiger partial charge in [0, 0.05) is 11.1 Å². The highest BCUT2D eigenvalue weighted by Crippen LogP contribution is 2.20. The molecule has 2 N–H and O–H groups in total. The summed E-state index contributed by atoms with van der Waals surface area (Å²) in [6.07, 6.45) is 0. The maximum Gasteiger partial charge on any atom is 0.339 e. The number of benzene rings is 2. The molecule has 148 valence electrons. The van der Waals surface area contributed by atoms with E-state index in [1.807, 2.05) is 25.1 Å². The van der Waals surface area contributed by atoms with Gasteiger partial charge >= 0.3 is 11.9 Å². The Balaban J connectivity index is 2.10. The second-order valence-corrected chi connectivity index (χ2v) is 6.39. The third kappa shape index (κ3) is 5.55. The van der Waals surface area contributed by atoms with E-state index in [-0.39, 0.29) is 35.3 Å². The summed E-state index contributed by atoms with van der Waals surface area (Å²) >= 11 is 5.98. The first kappa shape index (κ1) is 21.4. The summed E-state index contributed by atoms with van der Waals surface area (Å²) in [6.45, 7) is 1.88. The maximum absolute atomic E-state index is 12.4. The second kappa shape index (κ2) is 9.87. The molecule has 1 atom stereocenters. The Morgan fingerprint density at radius 1 is 1.04 bits per heavy atom. The maximum atomic E-state index is 12.4. The molecule has 0 radical (unpaired) electrons. The molecule has 2 rings (SSSR count). The fourth-order valence-electron chi connectivity index (χ4n) is 2.51. The summed E-state index contributed by atoms with van der Waals surface area (Å²) < 4.78 is 9.39. The van der Waals surface area contributed by atoms with Crippen molar-refractivity contribution in [3.8, 4) is 0 Å². The molecule has 0 heterocycles. The predicted molar refractivity (Wildman–Crippen MR) is 106 cm³/mol. The molecule has 8 heteroatoms. The molecule has 0 bridgehead atoms. The molecular weight excluding hydrogens is 384 g/mol. The van der Waals surface area contributed by atoms with Crippen LogP contribution in [0.15, 0.2) is 42.5 Å². The number of esters is 2. The van der Waals surface area contributed by atoms with Crippen molar-refractivity contribution in [1.82, 2.24) is 5.32 Å². The molecule has 0 aliphatic rings. The van der Waals surface area contributed by atoms with Crippen LogP contribution in [0.2, 0.25) is 5.02 Å². The number of hydrogen-bond donors (Lipinski definition) is 2. The van der Waals surface area contributed by atoms with E-state index in [9.17, 15) is 14.4 Å². The van der Waals surface area contributed by atoms with Gasteiger partial charge in [0.15, 0.2) is 0 Å². The third-order valence-electron chi connectivity index (χ3n) is 4.04. The van der Waals surface area contributed by atoms with E-state index in [0.717, 1.165) is 5.56 Å². The minimum Gasteiger partial charge on any atom is -0.465 e. The molecular formula is C20H21ClN2O5. The van der Waals surface area contributed by atoms with Crippen molar-refractivity contribution in [1.29, 1.82) is 0 Å². The van der Waals surface area contributed by atoms with Crippen LogP contribution < -0.4 is 10.6 Å². The number of methoxy groups -OCH3 is 2. The summed E-state index contributed by atoms with van der Waals surface area (Å²) in [5.74, 6) is -1.60. The highest BCUT2D eigenvalue weighted by Gasteiger charge is 2.17. The minimum atomic E-state index is -0.632. The topological polar surface area (TPSA) is 93.7 Å². The van der Waals surface area contributed by atoms with Gasteiger partial charge in [-0.15, -0.1) is 0 Å². The lowest BCUT2D eigenvalue weighted by atomic mass is 10.1.